The first-order chi connectivity index (χ1) is 13.8. The lowest BCUT2D eigenvalue weighted by Gasteiger charge is -2.09. The van der Waals surface area contributed by atoms with Crippen molar-refractivity contribution in [3.05, 3.63) is 84.2 Å². The fraction of sp³-hybridized carbons (Fsp3) is 0.0455. The maximum absolute atomic E-state index is 14.2. The van der Waals surface area contributed by atoms with E-state index < -0.39 is 0 Å². The second-order valence-corrected chi connectivity index (χ2v) is 6.00. The Kier molecular flexibility index (Phi) is 4.93. The number of nitrogens with zero attached hydrogens (tertiary/aromatic N) is 3. The molecule has 0 aliphatic heterocycles. The van der Waals surface area contributed by atoms with Crippen molar-refractivity contribution in [2.75, 3.05) is 12.5 Å². The van der Waals surface area contributed by atoms with Crippen LogP contribution in [0.5, 0.6) is 5.75 Å². The van der Waals surface area contributed by atoms with Gasteiger partial charge in [-0.25, -0.2) is 14.4 Å². The van der Waals surface area contributed by atoms with Gasteiger partial charge in [-0.05, 0) is 36.4 Å². The van der Waals surface area contributed by atoms with Crippen LogP contribution < -0.4 is 10.2 Å². The van der Waals surface area contributed by atoms with E-state index in [1.807, 2.05) is 48.5 Å². The summed E-state index contributed by atoms with van der Waals surface area (Å²) in [5.41, 5.74) is 4.82. The Bertz CT molecular complexity index is 1160. The Morgan fingerprint density at radius 2 is 1.68 bits per heavy atom. The molecule has 4 rings (SSSR count). The number of halogens is 1. The quantitative estimate of drug-likeness (QED) is 0.400. The molecule has 28 heavy (non-hydrogen) atoms. The maximum atomic E-state index is 14.2. The number of hydrogen-bond acceptors (Lipinski definition) is 5. The van der Waals surface area contributed by atoms with E-state index in [0.29, 0.717) is 28.5 Å². The fourth-order valence-electron chi connectivity index (χ4n) is 2.86. The lowest BCUT2D eigenvalue weighted by atomic mass is 10.1. The van der Waals surface area contributed by atoms with Crippen molar-refractivity contribution < 1.29 is 9.13 Å². The molecule has 1 N–H and O–H groups in total. The average Bonchev–Trinajstić information content (AvgIpc) is 2.74. The summed E-state index contributed by atoms with van der Waals surface area (Å²) in [6.45, 7) is 0. The van der Waals surface area contributed by atoms with E-state index in [0.717, 1.165) is 10.9 Å². The van der Waals surface area contributed by atoms with Gasteiger partial charge >= 0.3 is 0 Å². The van der Waals surface area contributed by atoms with Crippen molar-refractivity contribution in [2.45, 2.75) is 0 Å². The molecule has 0 bridgehead atoms. The molecule has 5 nitrogen and oxygen atoms in total. The summed E-state index contributed by atoms with van der Waals surface area (Å²) in [4.78, 5) is 9.00. The van der Waals surface area contributed by atoms with Crippen molar-refractivity contribution in [2.24, 2.45) is 5.10 Å². The third-order valence-electron chi connectivity index (χ3n) is 4.23. The highest BCUT2D eigenvalue weighted by molar-refractivity contribution is 5.91. The van der Waals surface area contributed by atoms with Crippen LogP contribution in [0.25, 0.3) is 22.3 Å². The summed E-state index contributed by atoms with van der Waals surface area (Å²) in [5.74, 6) is 1.13. The number of anilines is 1. The molecule has 0 amide bonds. The topological polar surface area (TPSA) is 59.4 Å². The van der Waals surface area contributed by atoms with Gasteiger partial charge in [0, 0.05) is 10.9 Å². The zero-order valence-corrected chi connectivity index (χ0v) is 15.1. The van der Waals surface area contributed by atoms with Crippen LogP contribution in [0, 0.1) is 5.82 Å². The second kappa shape index (κ2) is 7.84. The summed E-state index contributed by atoms with van der Waals surface area (Å²) in [5, 5.41) is 5.08. The van der Waals surface area contributed by atoms with Crippen LogP contribution in [0.15, 0.2) is 77.9 Å². The number of fused-ring (bicyclic) bond motifs is 1. The Labute approximate surface area is 161 Å². The van der Waals surface area contributed by atoms with Crippen molar-refractivity contribution >= 4 is 22.9 Å². The van der Waals surface area contributed by atoms with Gasteiger partial charge in [0.2, 0.25) is 0 Å². The number of ether oxygens (including phenoxy) is 1. The highest BCUT2D eigenvalue weighted by Crippen LogP contribution is 2.26. The Morgan fingerprint density at radius 3 is 2.54 bits per heavy atom. The minimum Gasteiger partial charge on any atom is -0.496 e. The molecule has 6 heteroatoms. The molecule has 4 aromatic rings. The SMILES string of the molecule is COc1ccccc1C=NNc1nc(-c2ccccc2F)nc2ccccc12. The monoisotopic (exact) mass is 372 g/mol. The summed E-state index contributed by atoms with van der Waals surface area (Å²) in [7, 11) is 1.61. The molecule has 3 aromatic carbocycles. The summed E-state index contributed by atoms with van der Waals surface area (Å²) in [6.07, 6.45) is 1.65. The van der Waals surface area contributed by atoms with Gasteiger partial charge in [-0.3, -0.25) is 5.43 Å². The van der Waals surface area contributed by atoms with E-state index in [2.05, 4.69) is 20.5 Å². The molecule has 0 unspecified atom stereocenters. The van der Waals surface area contributed by atoms with Crippen LogP contribution in [-0.2, 0) is 0 Å². The minimum absolute atomic E-state index is 0.298. The summed E-state index contributed by atoms with van der Waals surface area (Å²) < 4.78 is 19.5. The van der Waals surface area contributed by atoms with E-state index >= 15 is 0 Å². The molecular formula is C22H17FN4O. The molecule has 0 saturated heterocycles. The van der Waals surface area contributed by atoms with Crippen molar-refractivity contribution in [3.8, 4) is 17.1 Å². The number of hydrazone groups is 1. The van der Waals surface area contributed by atoms with Gasteiger partial charge in [0.1, 0.15) is 11.6 Å². The van der Waals surface area contributed by atoms with E-state index in [1.54, 1.807) is 31.5 Å². The van der Waals surface area contributed by atoms with Crippen LogP contribution in [0.3, 0.4) is 0 Å². The fourth-order valence-corrected chi connectivity index (χ4v) is 2.86. The molecule has 0 radical (unpaired) electrons. The second-order valence-electron chi connectivity index (χ2n) is 6.00. The molecule has 0 atom stereocenters. The van der Waals surface area contributed by atoms with Gasteiger partial charge in [0.25, 0.3) is 0 Å². The van der Waals surface area contributed by atoms with Crippen molar-refractivity contribution in [1.82, 2.24) is 9.97 Å². The molecule has 0 aliphatic carbocycles. The standard InChI is InChI=1S/C22H17FN4O/c1-28-20-13-7-2-8-15(20)14-24-27-22-17-10-4-6-12-19(17)25-21(26-22)16-9-3-5-11-18(16)23/h2-14H,1H3,(H,25,26,27). The highest BCUT2D eigenvalue weighted by atomic mass is 19.1. The largest absolute Gasteiger partial charge is 0.496 e. The Morgan fingerprint density at radius 1 is 0.929 bits per heavy atom. The van der Waals surface area contributed by atoms with Gasteiger partial charge in [-0.2, -0.15) is 5.10 Å². The van der Waals surface area contributed by atoms with E-state index in [-0.39, 0.29) is 5.82 Å². The smallest absolute Gasteiger partial charge is 0.165 e. The molecule has 0 aliphatic rings. The molecule has 0 spiro atoms. The van der Waals surface area contributed by atoms with Crippen LogP contribution >= 0.6 is 0 Å². The number of nitrogens with one attached hydrogen (secondary N) is 1. The first-order valence-electron chi connectivity index (χ1n) is 8.70. The number of hydrogen-bond donors (Lipinski definition) is 1. The zero-order chi connectivity index (χ0) is 19.3. The van der Waals surface area contributed by atoms with Gasteiger partial charge in [0.15, 0.2) is 11.6 Å². The molecule has 0 fully saturated rings. The zero-order valence-electron chi connectivity index (χ0n) is 15.1. The third-order valence-corrected chi connectivity index (χ3v) is 4.23. The van der Waals surface area contributed by atoms with Crippen LogP contribution in [0.2, 0.25) is 0 Å². The maximum Gasteiger partial charge on any atom is 0.165 e. The van der Waals surface area contributed by atoms with Crippen molar-refractivity contribution in [3.63, 3.8) is 0 Å². The molecule has 138 valence electrons. The first kappa shape index (κ1) is 17.6. The number of rotatable bonds is 5. The highest BCUT2D eigenvalue weighted by Gasteiger charge is 2.12. The van der Waals surface area contributed by atoms with Crippen LogP contribution in [0.4, 0.5) is 10.2 Å². The number of methoxy groups -OCH3 is 1. The average molecular weight is 372 g/mol. The Hall–Kier alpha value is -3.80. The molecule has 0 saturated carbocycles. The third kappa shape index (κ3) is 3.53. The number of benzene rings is 3. The summed E-state index contributed by atoms with van der Waals surface area (Å²) >= 11 is 0. The number of aromatic nitrogens is 2. The van der Waals surface area contributed by atoms with Crippen LogP contribution in [-0.4, -0.2) is 23.3 Å². The Balaban J connectivity index is 1.74. The van der Waals surface area contributed by atoms with Gasteiger partial charge in [-0.1, -0.05) is 36.4 Å². The molecular weight excluding hydrogens is 355 g/mol. The predicted molar refractivity (Wildman–Crippen MR) is 109 cm³/mol. The lowest BCUT2D eigenvalue weighted by Crippen LogP contribution is -2.00. The van der Waals surface area contributed by atoms with Gasteiger partial charge in [0.05, 0.1) is 24.4 Å². The van der Waals surface area contributed by atoms with Crippen molar-refractivity contribution in [1.29, 1.82) is 0 Å². The van der Waals surface area contributed by atoms with Crippen LogP contribution in [0.1, 0.15) is 5.56 Å². The summed E-state index contributed by atoms with van der Waals surface area (Å²) in [6, 6.07) is 21.5. The number of para-hydroxylation sites is 2. The molecule has 1 heterocycles. The first-order valence-corrected chi connectivity index (χ1v) is 8.70. The molecule has 1 aromatic heterocycles. The van der Waals surface area contributed by atoms with E-state index in [9.17, 15) is 4.39 Å². The lowest BCUT2D eigenvalue weighted by molar-refractivity contribution is 0.414. The minimum atomic E-state index is -0.374. The van der Waals surface area contributed by atoms with Gasteiger partial charge < -0.3 is 4.74 Å². The normalized spacial score (nSPS) is 11.1. The predicted octanol–water partition coefficient (Wildman–Crippen LogP) is 4.89. The van der Waals surface area contributed by atoms with E-state index in [1.165, 1.54) is 6.07 Å². The van der Waals surface area contributed by atoms with Gasteiger partial charge in [-0.15, -0.1) is 0 Å². The van der Waals surface area contributed by atoms with E-state index in [4.69, 9.17) is 4.74 Å².